The van der Waals surface area contributed by atoms with E-state index in [0.717, 1.165) is 25.7 Å². The van der Waals surface area contributed by atoms with Gasteiger partial charge in [0.05, 0.1) is 7.11 Å². The Morgan fingerprint density at radius 2 is 2.15 bits per heavy atom. The molecule has 6 heteroatoms. The third kappa shape index (κ3) is 3.59. The second-order valence-corrected chi connectivity index (χ2v) is 5.21. The van der Waals surface area contributed by atoms with Crippen molar-refractivity contribution >= 4 is 5.91 Å². The molecule has 2 rings (SSSR count). The van der Waals surface area contributed by atoms with Crippen LogP contribution in [0.15, 0.2) is 10.9 Å². The van der Waals surface area contributed by atoms with Crippen LogP contribution in [0.25, 0.3) is 0 Å². The fourth-order valence-corrected chi connectivity index (χ4v) is 2.56. The van der Waals surface area contributed by atoms with Crippen molar-refractivity contribution in [3.63, 3.8) is 0 Å². The Morgan fingerprint density at radius 1 is 1.45 bits per heavy atom. The summed E-state index contributed by atoms with van der Waals surface area (Å²) in [6.07, 6.45) is 5.58. The number of carbonyl (C=O) groups is 1. The normalized spacial score (nSPS) is 15.9. The molecule has 0 bridgehead atoms. The standard InChI is InChI=1S/C14H21N3O3/c1-10-8-13(19)17(14(15-10)20-2)9-12(18)16-11-6-4-3-5-7-11/h8,11H,3-7,9H2,1-2H3,(H,16,18). The van der Waals surface area contributed by atoms with Gasteiger partial charge in [0.2, 0.25) is 5.91 Å². The maximum atomic E-state index is 12.0. The third-order valence-corrected chi connectivity index (χ3v) is 3.56. The number of amides is 1. The Bertz CT molecular complexity index is 533. The number of ether oxygens (including phenoxy) is 1. The Morgan fingerprint density at radius 3 is 2.80 bits per heavy atom. The van der Waals surface area contributed by atoms with Gasteiger partial charge in [-0.15, -0.1) is 0 Å². The topological polar surface area (TPSA) is 73.2 Å². The van der Waals surface area contributed by atoms with Crippen molar-refractivity contribution in [1.82, 2.24) is 14.9 Å². The number of carbonyl (C=O) groups excluding carboxylic acids is 1. The number of hydrogen-bond acceptors (Lipinski definition) is 4. The van der Waals surface area contributed by atoms with Crippen LogP contribution < -0.4 is 15.6 Å². The first-order chi connectivity index (χ1) is 9.60. The van der Waals surface area contributed by atoms with Gasteiger partial charge in [0, 0.05) is 17.8 Å². The van der Waals surface area contributed by atoms with E-state index in [0.29, 0.717) is 5.69 Å². The number of nitrogens with one attached hydrogen (secondary N) is 1. The average Bonchev–Trinajstić information content (AvgIpc) is 2.42. The van der Waals surface area contributed by atoms with E-state index < -0.39 is 0 Å². The molecule has 1 aromatic rings. The summed E-state index contributed by atoms with van der Waals surface area (Å²) >= 11 is 0. The Hall–Kier alpha value is -1.85. The molecule has 1 amide bonds. The SMILES string of the molecule is COc1nc(C)cc(=O)n1CC(=O)NC1CCCCC1. The van der Waals surface area contributed by atoms with E-state index in [-0.39, 0.29) is 30.1 Å². The highest BCUT2D eigenvalue weighted by molar-refractivity contribution is 5.76. The molecule has 1 aromatic heterocycles. The van der Waals surface area contributed by atoms with Crippen LogP contribution in [0.3, 0.4) is 0 Å². The highest BCUT2D eigenvalue weighted by Crippen LogP contribution is 2.17. The fraction of sp³-hybridized carbons (Fsp3) is 0.643. The molecule has 6 nitrogen and oxygen atoms in total. The zero-order chi connectivity index (χ0) is 14.5. The van der Waals surface area contributed by atoms with Gasteiger partial charge in [-0.05, 0) is 19.8 Å². The van der Waals surface area contributed by atoms with Gasteiger partial charge in [0.1, 0.15) is 6.54 Å². The predicted octanol–water partition coefficient (Wildman–Crippen LogP) is 1.01. The van der Waals surface area contributed by atoms with Crippen LogP contribution in [-0.4, -0.2) is 28.6 Å². The lowest BCUT2D eigenvalue weighted by Gasteiger charge is -2.23. The van der Waals surface area contributed by atoms with E-state index in [4.69, 9.17) is 4.74 Å². The molecule has 0 spiro atoms. The molecule has 1 saturated carbocycles. The minimum atomic E-state index is -0.270. The monoisotopic (exact) mass is 279 g/mol. The summed E-state index contributed by atoms with van der Waals surface area (Å²) in [5.74, 6) is -0.164. The van der Waals surface area contributed by atoms with Crippen molar-refractivity contribution in [1.29, 1.82) is 0 Å². The molecule has 1 heterocycles. The summed E-state index contributed by atoms with van der Waals surface area (Å²) in [5, 5.41) is 2.98. The lowest BCUT2D eigenvalue weighted by molar-refractivity contribution is -0.122. The summed E-state index contributed by atoms with van der Waals surface area (Å²) in [6, 6.07) is 1.81. The molecule has 0 aromatic carbocycles. The highest BCUT2D eigenvalue weighted by Gasteiger charge is 2.17. The zero-order valence-electron chi connectivity index (χ0n) is 12.0. The molecular weight excluding hydrogens is 258 g/mol. The summed E-state index contributed by atoms with van der Waals surface area (Å²) in [6.45, 7) is 1.67. The summed E-state index contributed by atoms with van der Waals surface area (Å²) < 4.78 is 6.32. The van der Waals surface area contributed by atoms with E-state index in [1.807, 2.05) is 0 Å². The van der Waals surface area contributed by atoms with Gasteiger partial charge >= 0.3 is 0 Å². The van der Waals surface area contributed by atoms with Gasteiger partial charge in [0.15, 0.2) is 0 Å². The van der Waals surface area contributed by atoms with Gasteiger partial charge in [-0.3, -0.25) is 14.2 Å². The fourth-order valence-electron chi connectivity index (χ4n) is 2.56. The third-order valence-electron chi connectivity index (χ3n) is 3.56. The molecule has 0 saturated heterocycles. The van der Waals surface area contributed by atoms with Crippen LogP contribution >= 0.6 is 0 Å². The second-order valence-electron chi connectivity index (χ2n) is 5.21. The van der Waals surface area contributed by atoms with E-state index in [2.05, 4.69) is 10.3 Å². The van der Waals surface area contributed by atoms with Crippen LogP contribution in [0.2, 0.25) is 0 Å². The minimum absolute atomic E-state index is 0.0498. The van der Waals surface area contributed by atoms with Crippen molar-refractivity contribution in [2.24, 2.45) is 0 Å². The second kappa shape index (κ2) is 6.54. The maximum absolute atomic E-state index is 12.0. The van der Waals surface area contributed by atoms with Gasteiger partial charge in [-0.25, -0.2) is 4.98 Å². The zero-order valence-corrected chi connectivity index (χ0v) is 12.0. The van der Waals surface area contributed by atoms with E-state index in [1.54, 1.807) is 6.92 Å². The van der Waals surface area contributed by atoms with Crippen LogP contribution in [0, 0.1) is 6.92 Å². The Labute approximate surface area is 118 Å². The molecule has 1 aliphatic carbocycles. The van der Waals surface area contributed by atoms with E-state index in [9.17, 15) is 9.59 Å². The van der Waals surface area contributed by atoms with Crippen molar-refractivity contribution < 1.29 is 9.53 Å². The highest BCUT2D eigenvalue weighted by atomic mass is 16.5. The number of methoxy groups -OCH3 is 1. The van der Waals surface area contributed by atoms with Gasteiger partial charge in [-0.2, -0.15) is 0 Å². The molecule has 0 atom stereocenters. The molecule has 0 aliphatic heterocycles. The lowest BCUT2D eigenvalue weighted by atomic mass is 9.95. The molecule has 20 heavy (non-hydrogen) atoms. The number of aromatic nitrogens is 2. The van der Waals surface area contributed by atoms with Gasteiger partial charge in [-0.1, -0.05) is 19.3 Å². The minimum Gasteiger partial charge on any atom is -0.468 e. The summed E-state index contributed by atoms with van der Waals surface area (Å²) in [4.78, 5) is 28.1. The first-order valence-corrected chi connectivity index (χ1v) is 7.02. The molecule has 0 unspecified atom stereocenters. The number of aryl methyl sites for hydroxylation is 1. The maximum Gasteiger partial charge on any atom is 0.299 e. The van der Waals surface area contributed by atoms with Crippen LogP contribution in [0.1, 0.15) is 37.8 Å². The van der Waals surface area contributed by atoms with Crippen LogP contribution in [0.4, 0.5) is 0 Å². The van der Waals surface area contributed by atoms with Crippen LogP contribution in [0.5, 0.6) is 6.01 Å². The largest absolute Gasteiger partial charge is 0.468 e. The molecule has 1 N–H and O–H groups in total. The summed E-state index contributed by atoms with van der Waals surface area (Å²) in [5.41, 5.74) is 0.309. The Kier molecular flexibility index (Phi) is 4.76. The lowest BCUT2D eigenvalue weighted by Crippen LogP contribution is -2.40. The van der Waals surface area contributed by atoms with Crippen LogP contribution in [-0.2, 0) is 11.3 Å². The first-order valence-electron chi connectivity index (χ1n) is 7.02. The molecule has 1 aliphatic rings. The van der Waals surface area contributed by atoms with Crippen molar-refractivity contribution in [2.75, 3.05) is 7.11 Å². The van der Waals surface area contributed by atoms with Gasteiger partial charge < -0.3 is 10.1 Å². The number of nitrogens with zero attached hydrogens (tertiary/aromatic N) is 2. The molecule has 0 radical (unpaired) electrons. The Balaban J connectivity index is 2.05. The van der Waals surface area contributed by atoms with Crippen molar-refractivity contribution in [3.8, 4) is 6.01 Å². The number of rotatable bonds is 4. The average molecular weight is 279 g/mol. The summed E-state index contributed by atoms with van der Waals surface area (Å²) in [7, 11) is 1.44. The first kappa shape index (κ1) is 14.6. The quantitative estimate of drug-likeness (QED) is 0.892. The molecule has 110 valence electrons. The van der Waals surface area contributed by atoms with E-state index in [1.165, 1.54) is 24.2 Å². The molecular formula is C14H21N3O3. The predicted molar refractivity (Wildman–Crippen MR) is 74.8 cm³/mol. The van der Waals surface area contributed by atoms with Crippen molar-refractivity contribution in [2.45, 2.75) is 51.6 Å². The van der Waals surface area contributed by atoms with E-state index >= 15 is 0 Å². The molecule has 1 fully saturated rings. The van der Waals surface area contributed by atoms with Crippen molar-refractivity contribution in [3.05, 3.63) is 22.1 Å². The van der Waals surface area contributed by atoms with Gasteiger partial charge in [0.25, 0.3) is 11.6 Å². The number of hydrogen-bond donors (Lipinski definition) is 1. The smallest absolute Gasteiger partial charge is 0.299 e.